The molecule has 2 heterocycles. The number of nitrogens with zero attached hydrogens (tertiary/aromatic N) is 2. The van der Waals surface area contributed by atoms with Crippen LogP contribution in [0.3, 0.4) is 0 Å². The van der Waals surface area contributed by atoms with Crippen LogP contribution >= 0.6 is 11.3 Å². The van der Waals surface area contributed by atoms with E-state index in [-0.39, 0.29) is 0 Å². The van der Waals surface area contributed by atoms with Gasteiger partial charge in [0.25, 0.3) is 0 Å². The summed E-state index contributed by atoms with van der Waals surface area (Å²) in [5.74, 6) is 1.42. The van der Waals surface area contributed by atoms with Gasteiger partial charge in [-0.15, -0.1) is 11.3 Å². The van der Waals surface area contributed by atoms with E-state index in [1.54, 1.807) is 0 Å². The lowest BCUT2D eigenvalue weighted by Crippen LogP contribution is -2.58. The summed E-state index contributed by atoms with van der Waals surface area (Å²) in [5.41, 5.74) is 0. The van der Waals surface area contributed by atoms with E-state index in [1.807, 2.05) is 17.5 Å². The highest BCUT2D eigenvalue weighted by Gasteiger charge is 2.34. The molecule has 1 aromatic heterocycles. The van der Waals surface area contributed by atoms with Crippen LogP contribution in [0.4, 0.5) is 0 Å². The summed E-state index contributed by atoms with van der Waals surface area (Å²) < 4.78 is 0. The predicted molar refractivity (Wildman–Crippen MR) is 91.8 cm³/mol. The van der Waals surface area contributed by atoms with Crippen LogP contribution in [-0.4, -0.2) is 35.1 Å². The molecule has 1 saturated heterocycles. The molecule has 1 aliphatic heterocycles. The molecule has 0 aliphatic carbocycles. The van der Waals surface area contributed by atoms with Gasteiger partial charge in [0.15, 0.2) is 0 Å². The minimum absolute atomic E-state index is 0.424. The molecule has 0 saturated carbocycles. The zero-order valence-corrected chi connectivity index (χ0v) is 15.2. The fourth-order valence-corrected chi connectivity index (χ4v) is 4.20. The minimum Gasteiger partial charge on any atom is -0.311 e. The van der Waals surface area contributed by atoms with Crippen molar-refractivity contribution in [3.63, 3.8) is 0 Å². The van der Waals surface area contributed by atoms with Gasteiger partial charge in [-0.05, 0) is 32.1 Å². The van der Waals surface area contributed by atoms with Gasteiger partial charge in [0.2, 0.25) is 0 Å². The molecule has 2 rings (SSSR count). The van der Waals surface area contributed by atoms with Crippen LogP contribution in [0.15, 0.2) is 6.20 Å². The maximum absolute atomic E-state index is 4.63. The second-order valence-electron chi connectivity index (χ2n) is 7.23. The molecule has 0 radical (unpaired) electrons. The molecule has 3 atom stereocenters. The molecule has 1 aromatic rings. The van der Waals surface area contributed by atoms with Crippen LogP contribution in [-0.2, 0) is 0 Å². The second kappa shape index (κ2) is 7.21. The minimum atomic E-state index is 0.424. The molecule has 21 heavy (non-hydrogen) atoms. The summed E-state index contributed by atoms with van der Waals surface area (Å²) in [6.45, 7) is 16.0. The molecule has 120 valence electrons. The third kappa shape index (κ3) is 4.27. The van der Waals surface area contributed by atoms with E-state index < -0.39 is 0 Å². The van der Waals surface area contributed by atoms with Crippen LogP contribution in [0.2, 0.25) is 0 Å². The molecule has 1 fully saturated rings. The SMILES string of the molecule is Cc1cnc(C(C)N2CC(CC(C)C)NCC2C(C)C)s1. The third-order valence-corrected chi connectivity index (χ3v) is 5.58. The molecule has 0 amide bonds. The van der Waals surface area contributed by atoms with E-state index in [0.717, 1.165) is 19.0 Å². The second-order valence-corrected chi connectivity index (χ2v) is 8.49. The molecule has 1 aliphatic rings. The summed E-state index contributed by atoms with van der Waals surface area (Å²) in [4.78, 5) is 8.63. The quantitative estimate of drug-likeness (QED) is 0.895. The topological polar surface area (TPSA) is 28.2 Å². The largest absolute Gasteiger partial charge is 0.311 e. The summed E-state index contributed by atoms with van der Waals surface area (Å²) in [6, 6.07) is 1.64. The Hall–Kier alpha value is -0.450. The van der Waals surface area contributed by atoms with Gasteiger partial charge in [-0.1, -0.05) is 27.7 Å². The van der Waals surface area contributed by atoms with Crippen molar-refractivity contribution >= 4 is 11.3 Å². The van der Waals surface area contributed by atoms with Crippen LogP contribution in [0.25, 0.3) is 0 Å². The Morgan fingerprint density at radius 2 is 2.05 bits per heavy atom. The lowest BCUT2D eigenvalue weighted by atomic mass is 9.93. The first-order chi connectivity index (χ1) is 9.88. The standard InChI is InChI=1S/C17H31N3S/c1-11(2)7-15-10-20(16(9-18-15)12(3)4)14(6)17-19-8-13(5)21-17/h8,11-12,14-16,18H,7,9-10H2,1-6H3. The highest BCUT2D eigenvalue weighted by molar-refractivity contribution is 7.11. The van der Waals surface area contributed by atoms with Gasteiger partial charge < -0.3 is 5.32 Å². The van der Waals surface area contributed by atoms with E-state index in [1.165, 1.54) is 16.3 Å². The van der Waals surface area contributed by atoms with Crippen molar-refractivity contribution in [1.29, 1.82) is 0 Å². The molecule has 0 aromatic carbocycles. The lowest BCUT2D eigenvalue weighted by molar-refractivity contribution is 0.0570. The van der Waals surface area contributed by atoms with Gasteiger partial charge in [0.1, 0.15) is 5.01 Å². The molecular formula is C17H31N3S. The molecule has 4 heteroatoms. The number of aryl methyl sites for hydroxylation is 1. The smallest absolute Gasteiger partial charge is 0.110 e. The first kappa shape index (κ1) is 16.9. The monoisotopic (exact) mass is 309 g/mol. The molecule has 0 bridgehead atoms. The van der Waals surface area contributed by atoms with Gasteiger partial charge in [0.05, 0.1) is 6.04 Å². The Kier molecular flexibility index (Phi) is 5.81. The first-order valence-corrected chi connectivity index (χ1v) is 9.11. The molecule has 0 spiro atoms. The summed E-state index contributed by atoms with van der Waals surface area (Å²) >= 11 is 1.85. The van der Waals surface area contributed by atoms with Gasteiger partial charge in [-0.25, -0.2) is 4.98 Å². The normalized spacial score (nSPS) is 25.7. The Bertz CT molecular complexity index is 441. The van der Waals surface area contributed by atoms with E-state index >= 15 is 0 Å². The first-order valence-electron chi connectivity index (χ1n) is 8.30. The maximum Gasteiger partial charge on any atom is 0.110 e. The van der Waals surface area contributed by atoms with Crippen molar-refractivity contribution in [2.24, 2.45) is 11.8 Å². The van der Waals surface area contributed by atoms with Crippen LogP contribution in [0.5, 0.6) is 0 Å². The molecular weight excluding hydrogens is 278 g/mol. The van der Waals surface area contributed by atoms with E-state index in [9.17, 15) is 0 Å². The Balaban J connectivity index is 2.13. The highest BCUT2D eigenvalue weighted by Crippen LogP contribution is 2.30. The van der Waals surface area contributed by atoms with Crippen molar-refractivity contribution in [1.82, 2.24) is 15.2 Å². The number of piperazine rings is 1. The third-order valence-electron chi connectivity index (χ3n) is 4.49. The van der Waals surface area contributed by atoms with Crippen molar-refractivity contribution < 1.29 is 0 Å². The van der Waals surface area contributed by atoms with Crippen molar-refractivity contribution in [3.8, 4) is 0 Å². The average Bonchev–Trinajstić information content (AvgIpc) is 2.83. The van der Waals surface area contributed by atoms with Crippen LogP contribution in [0.1, 0.15) is 57.0 Å². The number of hydrogen-bond acceptors (Lipinski definition) is 4. The Labute approximate surface area is 134 Å². The van der Waals surface area contributed by atoms with Crippen molar-refractivity contribution in [2.45, 2.75) is 66.1 Å². The summed E-state index contributed by atoms with van der Waals surface area (Å²) in [6.07, 6.45) is 3.26. The molecule has 3 nitrogen and oxygen atoms in total. The Morgan fingerprint density at radius 3 is 2.57 bits per heavy atom. The zero-order valence-electron chi connectivity index (χ0n) is 14.4. The predicted octanol–water partition coefficient (Wildman–Crippen LogP) is 3.86. The fourth-order valence-electron chi connectivity index (χ4n) is 3.36. The number of hydrogen-bond donors (Lipinski definition) is 1. The number of nitrogens with one attached hydrogen (secondary N) is 1. The van der Waals surface area contributed by atoms with E-state index in [2.05, 4.69) is 56.7 Å². The van der Waals surface area contributed by atoms with Crippen molar-refractivity contribution in [3.05, 3.63) is 16.1 Å². The highest BCUT2D eigenvalue weighted by atomic mass is 32.1. The van der Waals surface area contributed by atoms with Crippen LogP contribution in [0, 0.1) is 18.8 Å². The van der Waals surface area contributed by atoms with Gasteiger partial charge in [0, 0.05) is 36.2 Å². The molecule has 1 N–H and O–H groups in total. The lowest BCUT2D eigenvalue weighted by Gasteiger charge is -2.45. The maximum atomic E-state index is 4.63. The zero-order chi connectivity index (χ0) is 15.6. The number of thiazole rings is 1. The van der Waals surface area contributed by atoms with Gasteiger partial charge in [-0.2, -0.15) is 0 Å². The fraction of sp³-hybridized carbons (Fsp3) is 0.824. The summed E-state index contributed by atoms with van der Waals surface area (Å²) in [7, 11) is 0. The van der Waals surface area contributed by atoms with Crippen molar-refractivity contribution in [2.75, 3.05) is 13.1 Å². The van der Waals surface area contributed by atoms with E-state index in [0.29, 0.717) is 24.0 Å². The summed E-state index contributed by atoms with van der Waals surface area (Å²) in [5, 5.41) is 5.03. The van der Waals surface area contributed by atoms with Crippen LogP contribution < -0.4 is 5.32 Å². The molecule has 3 unspecified atom stereocenters. The average molecular weight is 310 g/mol. The van der Waals surface area contributed by atoms with Gasteiger partial charge in [-0.3, -0.25) is 4.90 Å². The van der Waals surface area contributed by atoms with E-state index in [4.69, 9.17) is 0 Å². The number of rotatable bonds is 5. The number of aromatic nitrogens is 1. The van der Waals surface area contributed by atoms with Gasteiger partial charge >= 0.3 is 0 Å². The Morgan fingerprint density at radius 1 is 1.33 bits per heavy atom.